The van der Waals surface area contributed by atoms with Gasteiger partial charge in [0, 0.05) is 12.0 Å². The highest BCUT2D eigenvalue weighted by molar-refractivity contribution is 5.89. The summed E-state index contributed by atoms with van der Waals surface area (Å²) in [6.07, 6.45) is 0.554. The van der Waals surface area contributed by atoms with Crippen LogP contribution in [0.4, 0.5) is 4.39 Å². The Hall–Kier alpha value is -2.88. The maximum atomic E-state index is 12.9. The second kappa shape index (κ2) is 5.85. The van der Waals surface area contributed by atoms with Gasteiger partial charge in [0.25, 0.3) is 0 Å². The Morgan fingerprint density at radius 3 is 2.55 bits per heavy atom. The zero-order chi connectivity index (χ0) is 15.5. The molecule has 0 bridgehead atoms. The van der Waals surface area contributed by atoms with Crippen LogP contribution in [0.1, 0.15) is 21.7 Å². The molecule has 4 heteroatoms. The van der Waals surface area contributed by atoms with Crippen molar-refractivity contribution in [3.63, 3.8) is 0 Å². The molecule has 1 heterocycles. The third-order valence-electron chi connectivity index (χ3n) is 3.35. The molecule has 22 heavy (non-hydrogen) atoms. The number of furan rings is 1. The molecule has 0 atom stereocenters. The van der Waals surface area contributed by atoms with E-state index in [1.54, 1.807) is 36.4 Å². The number of hydrogen-bond donors (Lipinski definition) is 1. The van der Waals surface area contributed by atoms with Crippen molar-refractivity contribution < 1.29 is 18.7 Å². The largest absolute Gasteiger partial charge is 0.478 e. The number of aromatic carboxylic acids is 1. The van der Waals surface area contributed by atoms with Crippen LogP contribution in [0.2, 0.25) is 0 Å². The standard InChI is InChI=1S/C18H13FO3/c19-15-6-4-12(5-7-15)10-16-8-9-17(22-16)13-2-1-3-14(11-13)18(20)21/h1-9,11H,10H2,(H,20,21). The third kappa shape index (κ3) is 3.06. The van der Waals surface area contributed by atoms with Crippen LogP contribution in [0.15, 0.2) is 65.1 Å². The second-order valence-electron chi connectivity index (χ2n) is 4.96. The lowest BCUT2D eigenvalue weighted by molar-refractivity contribution is 0.0697. The first-order chi connectivity index (χ1) is 10.6. The van der Waals surface area contributed by atoms with Crippen molar-refractivity contribution in [1.82, 2.24) is 0 Å². The molecule has 3 rings (SSSR count). The highest BCUT2D eigenvalue weighted by Gasteiger charge is 2.09. The fourth-order valence-electron chi connectivity index (χ4n) is 2.24. The van der Waals surface area contributed by atoms with Gasteiger partial charge < -0.3 is 9.52 Å². The van der Waals surface area contributed by atoms with E-state index >= 15 is 0 Å². The van der Waals surface area contributed by atoms with E-state index in [9.17, 15) is 9.18 Å². The Labute approximate surface area is 126 Å². The topological polar surface area (TPSA) is 50.4 Å². The van der Waals surface area contributed by atoms with Gasteiger partial charge in [0.05, 0.1) is 5.56 Å². The number of carbonyl (C=O) groups is 1. The van der Waals surface area contributed by atoms with Gasteiger partial charge in [0.15, 0.2) is 0 Å². The lowest BCUT2D eigenvalue weighted by Crippen LogP contribution is -1.95. The molecule has 1 N–H and O–H groups in total. The van der Waals surface area contributed by atoms with Gasteiger partial charge in [-0.25, -0.2) is 9.18 Å². The van der Waals surface area contributed by atoms with Gasteiger partial charge >= 0.3 is 5.97 Å². The molecule has 1 aromatic heterocycles. The molecule has 3 aromatic rings. The lowest BCUT2D eigenvalue weighted by atomic mass is 10.1. The summed E-state index contributed by atoms with van der Waals surface area (Å²) in [6.45, 7) is 0. The van der Waals surface area contributed by atoms with Gasteiger partial charge in [0.2, 0.25) is 0 Å². The number of hydrogen-bond acceptors (Lipinski definition) is 2. The van der Waals surface area contributed by atoms with Crippen molar-refractivity contribution in [2.45, 2.75) is 6.42 Å². The van der Waals surface area contributed by atoms with Gasteiger partial charge in [-0.2, -0.15) is 0 Å². The summed E-state index contributed by atoms with van der Waals surface area (Å²) in [5.74, 6) is 0.108. The van der Waals surface area contributed by atoms with Crippen LogP contribution in [0.25, 0.3) is 11.3 Å². The molecule has 0 aliphatic carbocycles. The van der Waals surface area contributed by atoms with Crippen LogP contribution in [0, 0.1) is 5.82 Å². The predicted molar refractivity (Wildman–Crippen MR) is 80.3 cm³/mol. The summed E-state index contributed by atoms with van der Waals surface area (Å²) in [6, 6.07) is 16.5. The normalized spacial score (nSPS) is 10.6. The lowest BCUT2D eigenvalue weighted by Gasteiger charge is -2.00. The van der Waals surface area contributed by atoms with Crippen molar-refractivity contribution in [2.75, 3.05) is 0 Å². The number of rotatable bonds is 4. The van der Waals surface area contributed by atoms with Gasteiger partial charge in [-0.1, -0.05) is 24.3 Å². The van der Waals surface area contributed by atoms with Gasteiger partial charge in [-0.15, -0.1) is 0 Å². The van der Waals surface area contributed by atoms with Gasteiger partial charge in [0.1, 0.15) is 17.3 Å². The minimum absolute atomic E-state index is 0.217. The fraction of sp³-hybridized carbons (Fsp3) is 0.0556. The molecular formula is C18H13FO3. The van der Waals surface area contributed by atoms with E-state index in [1.807, 2.05) is 6.07 Å². The monoisotopic (exact) mass is 296 g/mol. The Bertz CT molecular complexity index is 803. The summed E-state index contributed by atoms with van der Waals surface area (Å²) in [7, 11) is 0. The van der Waals surface area contributed by atoms with E-state index in [4.69, 9.17) is 9.52 Å². The first kappa shape index (κ1) is 14.1. The number of carboxylic acid groups (broad SMARTS) is 1. The Morgan fingerprint density at radius 2 is 1.82 bits per heavy atom. The van der Waals surface area contributed by atoms with E-state index in [-0.39, 0.29) is 11.4 Å². The summed E-state index contributed by atoms with van der Waals surface area (Å²) in [4.78, 5) is 11.0. The van der Waals surface area contributed by atoms with Crippen molar-refractivity contribution in [1.29, 1.82) is 0 Å². The molecule has 3 nitrogen and oxygen atoms in total. The molecule has 0 saturated carbocycles. The zero-order valence-corrected chi connectivity index (χ0v) is 11.6. The number of halogens is 1. The summed E-state index contributed by atoms with van der Waals surface area (Å²) in [5, 5.41) is 9.02. The summed E-state index contributed by atoms with van der Waals surface area (Å²) in [5.41, 5.74) is 1.88. The van der Waals surface area contributed by atoms with Crippen molar-refractivity contribution in [3.8, 4) is 11.3 Å². The molecule has 0 fully saturated rings. The molecule has 0 radical (unpaired) electrons. The molecule has 0 amide bonds. The maximum absolute atomic E-state index is 12.9. The molecule has 0 saturated heterocycles. The van der Waals surface area contributed by atoms with Crippen LogP contribution in [-0.4, -0.2) is 11.1 Å². The van der Waals surface area contributed by atoms with Crippen molar-refractivity contribution >= 4 is 5.97 Å². The van der Waals surface area contributed by atoms with Crippen LogP contribution >= 0.6 is 0 Å². The van der Waals surface area contributed by atoms with E-state index in [0.29, 0.717) is 17.7 Å². The Balaban J connectivity index is 1.83. The highest BCUT2D eigenvalue weighted by Crippen LogP contribution is 2.24. The van der Waals surface area contributed by atoms with E-state index in [1.165, 1.54) is 18.2 Å². The number of carboxylic acids is 1. The quantitative estimate of drug-likeness (QED) is 0.777. The van der Waals surface area contributed by atoms with E-state index < -0.39 is 5.97 Å². The van der Waals surface area contributed by atoms with Crippen LogP contribution in [0.3, 0.4) is 0 Å². The molecule has 110 valence electrons. The average Bonchev–Trinajstić information content (AvgIpc) is 2.98. The average molecular weight is 296 g/mol. The predicted octanol–water partition coefficient (Wildman–Crippen LogP) is 4.37. The van der Waals surface area contributed by atoms with Gasteiger partial charge in [-0.3, -0.25) is 0 Å². The molecule has 0 aliphatic rings. The molecule has 0 aliphatic heterocycles. The number of benzene rings is 2. The first-order valence-electron chi connectivity index (χ1n) is 6.79. The molecule has 0 spiro atoms. The first-order valence-corrected chi connectivity index (χ1v) is 6.79. The van der Waals surface area contributed by atoms with Crippen molar-refractivity contribution in [2.24, 2.45) is 0 Å². The highest BCUT2D eigenvalue weighted by atomic mass is 19.1. The summed E-state index contributed by atoms with van der Waals surface area (Å²) < 4.78 is 18.6. The van der Waals surface area contributed by atoms with E-state index in [2.05, 4.69) is 0 Å². The van der Waals surface area contributed by atoms with E-state index in [0.717, 1.165) is 11.3 Å². The minimum Gasteiger partial charge on any atom is -0.478 e. The van der Waals surface area contributed by atoms with Crippen LogP contribution in [-0.2, 0) is 6.42 Å². The molecular weight excluding hydrogens is 283 g/mol. The fourth-order valence-corrected chi connectivity index (χ4v) is 2.24. The van der Waals surface area contributed by atoms with Gasteiger partial charge in [-0.05, 0) is 42.0 Å². The maximum Gasteiger partial charge on any atom is 0.335 e. The second-order valence-corrected chi connectivity index (χ2v) is 4.96. The third-order valence-corrected chi connectivity index (χ3v) is 3.35. The minimum atomic E-state index is -0.972. The SMILES string of the molecule is O=C(O)c1cccc(-c2ccc(Cc3ccc(F)cc3)o2)c1. The zero-order valence-electron chi connectivity index (χ0n) is 11.6. The molecule has 2 aromatic carbocycles. The van der Waals surface area contributed by atoms with Crippen LogP contribution in [0.5, 0.6) is 0 Å². The smallest absolute Gasteiger partial charge is 0.335 e. The summed E-state index contributed by atoms with van der Waals surface area (Å²) >= 11 is 0. The van der Waals surface area contributed by atoms with Crippen molar-refractivity contribution in [3.05, 3.63) is 83.4 Å². The Morgan fingerprint density at radius 1 is 1.05 bits per heavy atom. The Kier molecular flexibility index (Phi) is 3.74. The van der Waals surface area contributed by atoms with Crippen LogP contribution < -0.4 is 0 Å². The molecule has 0 unspecified atom stereocenters.